The Labute approximate surface area is 221 Å². The molecule has 0 unspecified atom stereocenters. The van der Waals surface area contributed by atoms with E-state index in [1.165, 1.54) is 43.5 Å². The standard InChI is InChI=1S/C27H20ClN3O7/c1-37-26(35)17-9-11-18(12-10-17)31-25(34)20(24(33)30-27(31)36)14-16-5-4-6-19(13-16)38-15-23(32)29-22-8-3-2-7-21(22)28/h2-14H,15H2,1H3,(H,29,32)(H,30,33,36)/b20-14-. The van der Waals surface area contributed by atoms with E-state index >= 15 is 0 Å². The van der Waals surface area contributed by atoms with Gasteiger partial charge >= 0.3 is 12.0 Å². The van der Waals surface area contributed by atoms with Crippen LogP contribution in [0.15, 0.2) is 78.4 Å². The molecule has 0 bridgehead atoms. The van der Waals surface area contributed by atoms with Crippen molar-refractivity contribution in [3.05, 3.63) is 94.5 Å². The number of barbiturate groups is 1. The van der Waals surface area contributed by atoms with E-state index in [2.05, 4.69) is 15.4 Å². The van der Waals surface area contributed by atoms with Crippen molar-refractivity contribution in [1.82, 2.24) is 5.32 Å². The molecule has 0 spiro atoms. The fourth-order valence-corrected chi connectivity index (χ4v) is 3.70. The Morgan fingerprint density at radius 1 is 1.00 bits per heavy atom. The van der Waals surface area contributed by atoms with Crippen molar-refractivity contribution in [2.24, 2.45) is 0 Å². The molecule has 10 nitrogen and oxygen atoms in total. The molecule has 1 aliphatic rings. The molecule has 38 heavy (non-hydrogen) atoms. The van der Waals surface area contributed by atoms with Crippen LogP contribution in [0.3, 0.4) is 0 Å². The SMILES string of the molecule is COC(=O)c1ccc(N2C(=O)NC(=O)/C(=C/c3cccc(OCC(=O)Nc4ccccc4Cl)c3)C2=O)cc1. The highest BCUT2D eigenvalue weighted by atomic mass is 35.5. The maximum absolute atomic E-state index is 13.1. The maximum atomic E-state index is 13.1. The number of amides is 5. The van der Waals surface area contributed by atoms with Crippen LogP contribution >= 0.6 is 11.6 Å². The zero-order valence-corrected chi connectivity index (χ0v) is 20.7. The summed E-state index contributed by atoms with van der Waals surface area (Å²) in [6, 6.07) is 17.8. The van der Waals surface area contributed by atoms with Crippen LogP contribution in [-0.2, 0) is 19.1 Å². The molecule has 3 aromatic carbocycles. The number of carbonyl (C=O) groups excluding carboxylic acids is 5. The average molecular weight is 534 g/mol. The van der Waals surface area contributed by atoms with Gasteiger partial charge in [0.1, 0.15) is 11.3 Å². The Balaban J connectivity index is 1.49. The summed E-state index contributed by atoms with van der Waals surface area (Å²) < 4.78 is 10.2. The second-order valence-electron chi connectivity index (χ2n) is 7.89. The van der Waals surface area contributed by atoms with E-state index < -0.39 is 29.7 Å². The fraction of sp³-hybridized carbons (Fsp3) is 0.0741. The molecule has 0 radical (unpaired) electrons. The van der Waals surface area contributed by atoms with Gasteiger partial charge in [0.2, 0.25) is 0 Å². The van der Waals surface area contributed by atoms with E-state index in [0.717, 1.165) is 4.90 Å². The molecule has 5 amide bonds. The Morgan fingerprint density at radius 2 is 1.74 bits per heavy atom. The summed E-state index contributed by atoms with van der Waals surface area (Å²) in [4.78, 5) is 62.7. The second-order valence-corrected chi connectivity index (χ2v) is 8.29. The minimum Gasteiger partial charge on any atom is -0.484 e. The van der Waals surface area contributed by atoms with Crippen molar-refractivity contribution in [2.45, 2.75) is 0 Å². The third-order valence-corrected chi connectivity index (χ3v) is 5.66. The number of benzene rings is 3. The summed E-state index contributed by atoms with van der Waals surface area (Å²) in [5, 5.41) is 5.16. The Bertz CT molecular complexity index is 1470. The summed E-state index contributed by atoms with van der Waals surface area (Å²) in [5.41, 5.74) is 0.950. The van der Waals surface area contributed by atoms with Crippen LogP contribution in [0.5, 0.6) is 5.75 Å². The zero-order valence-electron chi connectivity index (χ0n) is 19.9. The smallest absolute Gasteiger partial charge is 0.337 e. The summed E-state index contributed by atoms with van der Waals surface area (Å²) in [6.07, 6.45) is 1.30. The van der Waals surface area contributed by atoms with Crippen molar-refractivity contribution < 1.29 is 33.4 Å². The van der Waals surface area contributed by atoms with Gasteiger partial charge in [-0.3, -0.25) is 19.7 Å². The van der Waals surface area contributed by atoms with Gasteiger partial charge in [0.15, 0.2) is 6.61 Å². The number of imide groups is 2. The topological polar surface area (TPSA) is 131 Å². The highest BCUT2D eigenvalue weighted by Crippen LogP contribution is 2.24. The molecule has 1 saturated heterocycles. The number of anilines is 2. The van der Waals surface area contributed by atoms with Crippen molar-refractivity contribution in [3.63, 3.8) is 0 Å². The van der Waals surface area contributed by atoms with E-state index in [4.69, 9.17) is 16.3 Å². The number of nitrogens with one attached hydrogen (secondary N) is 2. The first-order valence-corrected chi connectivity index (χ1v) is 11.5. The number of nitrogens with zero attached hydrogens (tertiary/aromatic N) is 1. The normalized spacial score (nSPS) is 14.2. The van der Waals surface area contributed by atoms with Gasteiger partial charge in [-0.2, -0.15) is 0 Å². The number of hydrogen-bond donors (Lipinski definition) is 2. The number of halogens is 1. The van der Waals surface area contributed by atoms with Gasteiger partial charge in [0, 0.05) is 0 Å². The summed E-state index contributed by atoms with van der Waals surface area (Å²) in [5.74, 6) is -2.42. The van der Waals surface area contributed by atoms with Crippen LogP contribution in [0, 0.1) is 0 Å². The van der Waals surface area contributed by atoms with E-state index in [-0.39, 0.29) is 23.4 Å². The minimum absolute atomic E-state index is 0.153. The lowest BCUT2D eigenvalue weighted by atomic mass is 10.1. The zero-order chi connectivity index (χ0) is 27.2. The average Bonchev–Trinajstić information content (AvgIpc) is 2.91. The number of methoxy groups -OCH3 is 1. The lowest BCUT2D eigenvalue weighted by Gasteiger charge is -2.26. The number of esters is 1. The van der Waals surface area contributed by atoms with Crippen LogP contribution in [-0.4, -0.2) is 43.4 Å². The molecule has 1 fully saturated rings. The van der Waals surface area contributed by atoms with Gasteiger partial charge in [-0.25, -0.2) is 14.5 Å². The summed E-state index contributed by atoms with van der Waals surface area (Å²) in [7, 11) is 1.23. The number of carbonyl (C=O) groups is 5. The van der Waals surface area contributed by atoms with Crippen LogP contribution in [0.2, 0.25) is 5.02 Å². The molecule has 0 saturated carbocycles. The van der Waals surface area contributed by atoms with Gasteiger partial charge in [-0.1, -0.05) is 35.9 Å². The number of urea groups is 1. The predicted molar refractivity (Wildman–Crippen MR) is 139 cm³/mol. The lowest BCUT2D eigenvalue weighted by molar-refractivity contribution is -0.122. The van der Waals surface area contributed by atoms with Gasteiger partial charge in [-0.05, 0) is 60.2 Å². The monoisotopic (exact) mass is 533 g/mol. The van der Waals surface area contributed by atoms with Crippen LogP contribution in [0.25, 0.3) is 6.08 Å². The van der Waals surface area contributed by atoms with E-state index in [1.54, 1.807) is 42.5 Å². The van der Waals surface area contributed by atoms with Gasteiger partial charge < -0.3 is 14.8 Å². The van der Waals surface area contributed by atoms with Gasteiger partial charge in [0.25, 0.3) is 17.7 Å². The van der Waals surface area contributed by atoms with E-state index in [1.807, 2.05) is 0 Å². The molecule has 2 N–H and O–H groups in total. The minimum atomic E-state index is -0.926. The quantitative estimate of drug-likeness (QED) is 0.268. The third-order valence-electron chi connectivity index (χ3n) is 5.34. The second kappa shape index (κ2) is 11.4. The first kappa shape index (κ1) is 26.1. The van der Waals surface area contributed by atoms with Gasteiger partial charge in [0.05, 0.1) is 29.1 Å². The first-order valence-electron chi connectivity index (χ1n) is 11.1. The van der Waals surface area contributed by atoms with Crippen LogP contribution < -0.4 is 20.3 Å². The largest absolute Gasteiger partial charge is 0.484 e. The molecule has 0 aliphatic carbocycles. The Kier molecular flexibility index (Phi) is 7.83. The molecule has 0 atom stereocenters. The van der Waals surface area contributed by atoms with Crippen molar-refractivity contribution >= 4 is 58.8 Å². The molecule has 192 valence electrons. The molecule has 4 rings (SSSR count). The number of hydrogen-bond acceptors (Lipinski definition) is 7. The molecule has 1 heterocycles. The van der Waals surface area contributed by atoms with Crippen molar-refractivity contribution in [2.75, 3.05) is 23.9 Å². The molecule has 0 aromatic heterocycles. The van der Waals surface area contributed by atoms with E-state index in [9.17, 15) is 24.0 Å². The number of rotatable bonds is 7. The maximum Gasteiger partial charge on any atom is 0.337 e. The van der Waals surface area contributed by atoms with Crippen molar-refractivity contribution in [3.8, 4) is 5.75 Å². The summed E-state index contributed by atoms with van der Waals surface area (Å²) >= 11 is 6.04. The molecular weight excluding hydrogens is 514 g/mol. The van der Waals surface area contributed by atoms with Crippen LogP contribution in [0.4, 0.5) is 16.2 Å². The molecule has 1 aliphatic heterocycles. The van der Waals surface area contributed by atoms with Crippen molar-refractivity contribution in [1.29, 1.82) is 0 Å². The molecule has 11 heteroatoms. The summed E-state index contributed by atoms with van der Waals surface area (Å²) in [6.45, 7) is -0.311. The Hall–Kier alpha value is -4.96. The predicted octanol–water partition coefficient (Wildman–Crippen LogP) is 3.81. The van der Waals surface area contributed by atoms with E-state index in [0.29, 0.717) is 22.0 Å². The third kappa shape index (κ3) is 5.88. The fourth-order valence-electron chi connectivity index (χ4n) is 3.51. The lowest BCUT2D eigenvalue weighted by Crippen LogP contribution is -2.54. The number of ether oxygens (including phenoxy) is 2. The number of para-hydroxylation sites is 1. The highest BCUT2D eigenvalue weighted by molar-refractivity contribution is 6.39. The Morgan fingerprint density at radius 3 is 2.45 bits per heavy atom. The molecule has 3 aromatic rings. The highest BCUT2D eigenvalue weighted by Gasteiger charge is 2.36. The molecular formula is C27H20ClN3O7. The first-order chi connectivity index (χ1) is 18.3. The van der Waals surface area contributed by atoms with Crippen LogP contribution in [0.1, 0.15) is 15.9 Å². The van der Waals surface area contributed by atoms with Gasteiger partial charge in [-0.15, -0.1) is 0 Å².